The molecular weight excluding hydrogens is 286 g/mol. The van der Waals surface area contributed by atoms with Crippen molar-refractivity contribution in [3.8, 4) is 0 Å². The number of pyridine rings is 1. The Hall–Kier alpha value is -2.30. The Labute approximate surface area is 138 Å². The van der Waals surface area contributed by atoms with Crippen LogP contribution >= 0.6 is 0 Å². The van der Waals surface area contributed by atoms with E-state index < -0.39 is 0 Å². The van der Waals surface area contributed by atoms with Crippen LogP contribution in [0, 0.1) is 5.92 Å². The minimum atomic E-state index is 0.579. The first kappa shape index (κ1) is 17.1. The summed E-state index contributed by atoms with van der Waals surface area (Å²) in [5.74, 6) is 2.37. The fourth-order valence-corrected chi connectivity index (χ4v) is 2.31. The van der Waals surface area contributed by atoms with Gasteiger partial charge >= 0.3 is 0 Å². The number of rotatable bonds is 5. The number of para-hydroxylation sites is 1. The lowest BCUT2D eigenvalue weighted by Crippen LogP contribution is -2.38. The molecule has 0 amide bonds. The van der Waals surface area contributed by atoms with Crippen molar-refractivity contribution in [1.82, 2.24) is 15.6 Å². The number of hydrogen-bond donors (Lipinski definition) is 2. The minimum Gasteiger partial charge on any atom is -0.363 e. The first-order valence-corrected chi connectivity index (χ1v) is 8.01. The normalized spacial score (nSPS) is 11.8. The Morgan fingerprint density at radius 1 is 1.22 bits per heavy atom. The highest BCUT2D eigenvalue weighted by atomic mass is 15.2. The Balaban J connectivity index is 2.21. The molecule has 1 aromatic heterocycles. The second-order valence-electron chi connectivity index (χ2n) is 6.25. The summed E-state index contributed by atoms with van der Waals surface area (Å²) >= 11 is 0. The summed E-state index contributed by atoms with van der Waals surface area (Å²) in [5, 5.41) is 7.90. The van der Waals surface area contributed by atoms with E-state index in [1.54, 1.807) is 7.05 Å². The molecule has 0 fully saturated rings. The van der Waals surface area contributed by atoms with E-state index >= 15 is 0 Å². The van der Waals surface area contributed by atoms with Gasteiger partial charge in [-0.1, -0.05) is 32.0 Å². The molecule has 2 rings (SSSR count). The fraction of sp³-hybridized carbons (Fsp3) is 0.444. The highest BCUT2D eigenvalue weighted by molar-refractivity contribution is 5.85. The zero-order valence-corrected chi connectivity index (χ0v) is 14.7. The van der Waals surface area contributed by atoms with Gasteiger partial charge in [-0.3, -0.25) is 4.99 Å². The molecule has 1 aromatic carbocycles. The maximum absolute atomic E-state index is 4.69. The largest absolute Gasteiger partial charge is 0.363 e. The Kier molecular flexibility index (Phi) is 5.79. The molecule has 0 spiro atoms. The summed E-state index contributed by atoms with van der Waals surface area (Å²) in [4.78, 5) is 11.0. The molecule has 5 heteroatoms. The van der Waals surface area contributed by atoms with Crippen molar-refractivity contribution in [2.75, 3.05) is 32.6 Å². The summed E-state index contributed by atoms with van der Waals surface area (Å²) < 4.78 is 0. The van der Waals surface area contributed by atoms with Gasteiger partial charge in [0.05, 0.1) is 5.52 Å². The summed E-state index contributed by atoms with van der Waals surface area (Å²) in [6.45, 7) is 5.97. The minimum absolute atomic E-state index is 0.579. The average molecular weight is 313 g/mol. The Morgan fingerprint density at radius 3 is 2.61 bits per heavy atom. The van der Waals surface area contributed by atoms with E-state index in [0.29, 0.717) is 12.5 Å². The Morgan fingerprint density at radius 2 is 1.96 bits per heavy atom. The smallest absolute Gasteiger partial charge is 0.191 e. The summed E-state index contributed by atoms with van der Waals surface area (Å²) in [5.41, 5.74) is 2.23. The molecule has 0 aliphatic carbocycles. The number of nitrogens with one attached hydrogen (secondary N) is 2. The predicted octanol–water partition coefficient (Wildman–Crippen LogP) is 2.62. The summed E-state index contributed by atoms with van der Waals surface area (Å²) in [6.07, 6.45) is 0. The van der Waals surface area contributed by atoms with Crippen LogP contribution in [0.5, 0.6) is 0 Å². The molecule has 0 saturated heterocycles. The molecule has 0 unspecified atom stereocenters. The number of fused-ring (bicyclic) bond motifs is 1. The lowest BCUT2D eigenvalue weighted by atomic mass is 10.1. The van der Waals surface area contributed by atoms with Gasteiger partial charge in [0, 0.05) is 39.6 Å². The van der Waals surface area contributed by atoms with Crippen LogP contribution in [-0.4, -0.2) is 38.6 Å². The molecule has 23 heavy (non-hydrogen) atoms. The van der Waals surface area contributed by atoms with E-state index in [4.69, 9.17) is 4.98 Å². The van der Waals surface area contributed by atoms with E-state index in [1.165, 1.54) is 10.9 Å². The average Bonchev–Trinajstić information content (AvgIpc) is 2.54. The molecule has 1 heterocycles. The van der Waals surface area contributed by atoms with Crippen molar-refractivity contribution >= 4 is 22.7 Å². The lowest BCUT2D eigenvalue weighted by molar-refractivity contribution is 0.615. The Bertz CT molecular complexity index is 676. The fourth-order valence-electron chi connectivity index (χ4n) is 2.31. The van der Waals surface area contributed by atoms with Gasteiger partial charge in [0.1, 0.15) is 5.82 Å². The maximum Gasteiger partial charge on any atom is 0.191 e. The van der Waals surface area contributed by atoms with Crippen molar-refractivity contribution < 1.29 is 0 Å². The van der Waals surface area contributed by atoms with Crippen molar-refractivity contribution in [2.45, 2.75) is 20.4 Å². The van der Waals surface area contributed by atoms with Crippen LogP contribution in [0.15, 0.2) is 35.3 Å². The maximum atomic E-state index is 4.69. The van der Waals surface area contributed by atoms with Crippen molar-refractivity contribution in [2.24, 2.45) is 10.9 Å². The van der Waals surface area contributed by atoms with Gasteiger partial charge in [-0.05, 0) is 23.6 Å². The first-order valence-electron chi connectivity index (χ1n) is 8.01. The number of aliphatic imine (C=N–C) groups is 1. The topological polar surface area (TPSA) is 52.6 Å². The zero-order valence-electron chi connectivity index (χ0n) is 14.7. The van der Waals surface area contributed by atoms with Crippen LogP contribution in [0.25, 0.3) is 10.9 Å². The molecule has 0 saturated carbocycles. The molecule has 0 radical (unpaired) electrons. The van der Waals surface area contributed by atoms with Crippen LogP contribution in [0.3, 0.4) is 0 Å². The van der Waals surface area contributed by atoms with E-state index in [9.17, 15) is 0 Å². The molecule has 0 bridgehead atoms. The SMILES string of the molecule is CN=C(NCc1cc(N(C)C)nc2ccccc12)NCC(C)C. The van der Waals surface area contributed by atoms with Crippen LogP contribution in [-0.2, 0) is 6.54 Å². The van der Waals surface area contributed by atoms with Crippen LogP contribution in [0.2, 0.25) is 0 Å². The molecule has 124 valence electrons. The summed E-state index contributed by atoms with van der Waals surface area (Å²) in [6, 6.07) is 10.4. The lowest BCUT2D eigenvalue weighted by Gasteiger charge is -2.17. The predicted molar refractivity (Wildman–Crippen MR) is 99.1 cm³/mol. The molecule has 2 aromatic rings. The van der Waals surface area contributed by atoms with Crippen molar-refractivity contribution in [3.63, 3.8) is 0 Å². The van der Waals surface area contributed by atoms with Crippen molar-refractivity contribution in [3.05, 3.63) is 35.9 Å². The number of benzene rings is 1. The van der Waals surface area contributed by atoms with E-state index in [2.05, 4.69) is 53.7 Å². The third-order valence-electron chi connectivity index (χ3n) is 3.59. The van der Waals surface area contributed by atoms with Gasteiger partial charge in [0.2, 0.25) is 0 Å². The van der Waals surface area contributed by atoms with Gasteiger partial charge in [-0.2, -0.15) is 0 Å². The third kappa shape index (κ3) is 4.58. The standard InChI is InChI=1S/C18H27N5/c1-13(2)11-20-18(19-3)21-12-14-10-17(23(4)5)22-16-9-7-6-8-15(14)16/h6-10,13H,11-12H2,1-5H3,(H2,19,20,21). The van der Waals surface area contributed by atoms with Crippen LogP contribution in [0.4, 0.5) is 5.82 Å². The van der Waals surface area contributed by atoms with Gasteiger partial charge < -0.3 is 15.5 Å². The monoisotopic (exact) mass is 313 g/mol. The number of aromatic nitrogens is 1. The molecule has 0 aliphatic heterocycles. The highest BCUT2D eigenvalue weighted by Crippen LogP contribution is 2.21. The third-order valence-corrected chi connectivity index (χ3v) is 3.59. The molecule has 2 N–H and O–H groups in total. The van der Waals surface area contributed by atoms with E-state index in [0.717, 1.165) is 23.8 Å². The highest BCUT2D eigenvalue weighted by Gasteiger charge is 2.08. The number of guanidine groups is 1. The first-order chi connectivity index (χ1) is 11.0. The van der Waals surface area contributed by atoms with E-state index in [1.807, 2.05) is 25.1 Å². The van der Waals surface area contributed by atoms with Gasteiger partial charge in [0.15, 0.2) is 5.96 Å². The van der Waals surface area contributed by atoms with Crippen molar-refractivity contribution in [1.29, 1.82) is 0 Å². The summed E-state index contributed by atoms with van der Waals surface area (Å²) in [7, 11) is 5.82. The van der Waals surface area contributed by atoms with Crippen LogP contribution in [0.1, 0.15) is 19.4 Å². The van der Waals surface area contributed by atoms with Gasteiger partial charge in [0.25, 0.3) is 0 Å². The molecule has 0 atom stereocenters. The number of anilines is 1. The van der Waals surface area contributed by atoms with Crippen LogP contribution < -0.4 is 15.5 Å². The number of nitrogens with zero attached hydrogens (tertiary/aromatic N) is 3. The zero-order chi connectivity index (χ0) is 16.8. The molecule has 5 nitrogen and oxygen atoms in total. The van der Waals surface area contributed by atoms with Gasteiger partial charge in [-0.25, -0.2) is 4.98 Å². The number of hydrogen-bond acceptors (Lipinski definition) is 3. The molecular formula is C18H27N5. The quantitative estimate of drug-likeness (QED) is 0.658. The van der Waals surface area contributed by atoms with Gasteiger partial charge in [-0.15, -0.1) is 0 Å². The second-order valence-corrected chi connectivity index (χ2v) is 6.25. The second kappa shape index (κ2) is 7.81. The molecule has 0 aliphatic rings. The van der Waals surface area contributed by atoms with E-state index in [-0.39, 0.29) is 0 Å².